The van der Waals surface area contributed by atoms with Gasteiger partial charge in [0, 0.05) is 6.61 Å². The van der Waals surface area contributed by atoms with E-state index in [1.165, 1.54) is 106 Å². The van der Waals surface area contributed by atoms with Crippen LogP contribution in [0.3, 0.4) is 0 Å². The fraction of sp³-hybridized carbons (Fsp3) is 0.659. The zero-order valence-electron chi connectivity index (χ0n) is 33.9. The van der Waals surface area contributed by atoms with Gasteiger partial charge in [-0.2, -0.15) is 5.10 Å². The number of hydrogen-bond donors (Lipinski definition) is 5. The number of phosphoric ester groups is 1. The van der Waals surface area contributed by atoms with Gasteiger partial charge in [-0.3, -0.25) is 14.0 Å². The first-order valence-electron chi connectivity index (χ1n) is 20.8. The highest BCUT2D eigenvalue weighted by Gasteiger charge is 2.57. The van der Waals surface area contributed by atoms with Gasteiger partial charge in [0.15, 0.2) is 11.4 Å². The molecule has 1 aliphatic heterocycles. The summed E-state index contributed by atoms with van der Waals surface area (Å²) in [5, 5.41) is 36.1. The van der Waals surface area contributed by atoms with Crippen LogP contribution in [0.15, 0.2) is 47.7 Å². The third-order valence-electron chi connectivity index (χ3n) is 10.5. The predicted molar refractivity (Wildman–Crippen MR) is 220 cm³/mol. The monoisotopic (exact) mass is 833 g/mol. The standard InChI is InChI=1S/C41H64N5O11P/c1-3-4-5-6-7-8-9-10-11-12-13-14-15-16-17-20-25-53-26-31(56-34-22-19-18-21-32(34)40(49)50)27-54-58(51,52)55-28-35-37(47)38(48)41(57-35,29-43-2)36-24-23-33-39(42)44-30-45-46(33)36/h18-19,21-24,30-31,35,37-38,47-48H,2-17,20,25-29H2,1H3,(H,49,50)(H,51,52)(H2,42,44,45)/t31-,35-,37-,38-,41+/m1/s1. The number of unbranched alkanes of at least 4 members (excludes halogenated alkanes) is 15. The van der Waals surface area contributed by atoms with Crippen molar-refractivity contribution in [2.75, 3.05) is 38.7 Å². The molecule has 4 rings (SSSR count). The third-order valence-corrected chi connectivity index (χ3v) is 11.4. The van der Waals surface area contributed by atoms with Gasteiger partial charge in [-0.05, 0) is 37.4 Å². The van der Waals surface area contributed by atoms with E-state index in [9.17, 15) is 29.6 Å². The topological polar surface area (TPSA) is 230 Å². The van der Waals surface area contributed by atoms with E-state index in [1.807, 2.05) is 0 Å². The van der Waals surface area contributed by atoms with Crippen LogP contribution in [0.2, 0.25) is 0 Å². The van der Waals surface area contributed by atoms with E-state index in [2.05, 4.69) is 28.7 Å². The Hall–Kier alpha value is -3.47. The number of phosphoric acid groups is 1. The number of fused-ring (bicyclic) bond motifs is 1. The molecule has 1 saturated heterocycles. The summed E-state index contributed by atoms with van der Waals surface area (Å²) in [7, 11) is -4.82. The average molecular weight is 834 g/mol. The molecule has 1 aliphatic rings. The number of rotatable bonds is 31. The van der Waals surface area contributed by atoms with Crippen molar-refractivity contribution in [1.82, 2.24) is 14.6 Å². The zero-order chi connectivity index (χ0) is 41.8. The van der Waals surface area contributed by atoms with Crippen LogP contribution in [-0.2, 0) is 28.7 Å². The minimum Gasteiger partial charge on any atom is -0.485 e. The quantitative estimate of drug-likeness (QED) is 0.0253. The summed E-state index contributed by atoms with van der Waals surface area (Å²) >= 11 is 0. The number of anilines is 1. The second kappa shape index (κ2) is 24.6. The number of aliphatic hydroxyl groups is 2. The molecule has 3 aromatic rings. The number of para-hydroxylation sites is 1. The van der Waals surface area contributed by atoms with Crippen molar-refractivity contribution in [2.24, 2.45) is 4.99 Å². The summed E-state index contributed by atoms with van der Waals surface area (Å²) < 4.78 is 43.0. The van der Waals surface area contributed by atoms with Crippen LogP contribution in [0, 0.1) is 0 Å². The lowest BCUT2D eigenvalue weighted by atomic mass is 9.91. The number of hydrogen-bond acceptors (Lipinski definition) is 13. The molecule has 0 amide bonds. The second-order valence-electron chi connectivity index (χ2n) is 15.0. The molecule has 6 atom stereocenters. The third kappa shape index (κ3) is 14.1. The van der Waals surface area contributed by atoms with Gasteiger partial charge in [-0.1, -0.05) is 115 Å². The number of aliphatic imine (C=N–C) groups is 1. The fourth-order valence-corrected chi connectivity index (χ4v) is 8.04. The maximum atomic E-state index is 13.1. The van der Waals surface area contributed by atoms with Crippen molar-refractivity contribution >= 4 is 31.8 Å². The number of aromatic carboxylic acids is 1. The summed E-state index contributed by atoms with van der Waals surface area (Å²) in [5.74, 6) is -0.991. The molecule has 0 saturated carbocycles. The molecule has 0 spiro atoms. The Morgan fingerprint density at radius 3 is 2.19 bits per heavy atom. The smallest absolute Gasteiger partial charge is 0.472 e. The number of nitrogens with two attached hydrogens (primary N) is 1. The molecular formula is C41H64N5O11P. The highest BCUT2D eigenvalue weighted by atomic mass is 31.2. The van der Waals surface area contributed by atoms with Crippen LogP contribution < -0.4 is 10.5 Å². The van der Waals surface area contributed by atoms with E-state index in [1.54, 1.807) is 24.3 Å². The highest BCUT2D eigenvalue weighted by molar-refractivity contribution is 7.47. The van der Waals surface area contributed by atoms with E-state index in [0.29, 0.717) is 17.8 Å². The van der Waals surface area contributed by atoms with E-state index in [4.69, 9.17) is 29.0 Å². The largest absolute Gasteiger partial charge is 0.485 e. The molecule has 0 aliphatic carbocycles. The molecule has 324 valence electrons. The molecule has 17 heteroatoms. The summed E-state index contributed by atoms with van der Waals surface area (Å²) in [4.78, 5) is 30.4. The van der Waals surface area contributed by atoms with Crippen molar-refractivity contribution in [3.8, 4) is 5.75 Å². The summed E-state index contributed by atoms with van der Waals surface area (Å²) in [5.41, 5.74) is 4.94. The first-order valence-corrected chi connectivity index (χ1v) is 22.3. The minimum atomic E-state index is -4.82. The van der Waals surface area contributed by atoms with Crippen LogP contribution in [0.4, 0.5) is 5.82 Å². The second-order valence-corrected chi connectivity index (χ2v) is 16.5. The Balaban J connectivity index is 1.22. The lowest BCUT2D eigenvalue weighted by Gasteiger charge is -2.30. The van der Waals surface area contributed by atoms with Crippen molar-refractivity contribution in [2.45, 2.75) is 140 Å². The van der Waals surface area contributed by atoms with E-state index in [-0.39, 0.29) is 30.3 Å². The lowest BCUT2D eigenvalue weighted by molar-refractivity contribution is -0.0946. The van der Waals surface area contributed by atoms with Crippen LogP contribution in [-0.4, -0.2) is 105 Å². The van der Waals surface area contributed by atoms with Gasteiger partial charge in [0.2, 0.25) is 0 Å². The summed E-state index contributed by atoms with van der Waals surface area (Å²) in [6, 6.07) is 9.24. The number of aromatic nitrogens is 3. The van der Waals surface area contributed by atoms with Gasteiger partial charge < -0.3 is 40.2 Å². The van der Waals surface area contributed by atoms with E-state index in [0.717, 1.165) is 19.3 Å². The lowest BCUT2D eigenvalue weighted by Crippen LogP contribution is -2.44. The molecule has 0 radical (unpaired) electrons. The molecule has 1 fully saturated rings. The first-order chi connectivity index (χ1) is 28.0. The Kier molecular flexibility index (Phi) is 20.0. The Bertz CT molecular complexity index is 1730. The van der Waals surface area contributed by atoms with Gasteiger partial charge in [0.1, 0.15) is 47.6 Å². The Labute approximate surface area is 341 Å². The number of benzene rings is 1. The zero-order valence-corrected chi connectivity index (χ0v) is 34.8. The fourth-order valence-electron chi connectivity index (χ4n) is 7.28. The van der Waals surface area contributed by atoms with Gasteiger partial charge >= 0.3 is 13.8 Å². The number of carboxylic acids is 1. The van der Waals surface area contributed by atoms with Crippen LogP contribution in [0.1, 0.15) is 126 Å². The molecule has 0 bridgehead atoms. The summed E-state index contributed by atoms with van der Waals surface area (Å²) in [6.07, 6.45) is 15.8. The van der Waals surface area contributed by atoms with Gasteiger partial charge in [-0.15, -0.1) is 0 Å². The molecule has 6 N–H and O–H groups in total. The van der Waals surface area contributed by atoms with Gasteiger partial charge in [-0.25, -0.2) is 18.9 Å². The number of aliphatic hydroxyl groups excluding tert-OH is 2. The predicted octanol–water partition coefficient (Wildman–Crippen LogP) is 6.89. The van der Waals surface area contributed by atoms with Gasteiger partial charge in [0.05, 0.1) is 32.1 Å². The first kappa shape index (κ1) is 47.2. The Morgan fingerprint density at radius 1 is 0.948 bits per heavy atom. The van der Waals surface area contributed by atoms with Gasteiger partial charge in [0.25, 0.3) is 0 Å². The number of carbonyl (C=O) groups is 1. The molecule has 1 unspecified atom stereocenters. The maximum absolute atomic E-state index is 13.1. The molecule has 1 aromatic carbocycles. The highest BCUT2D eigenvalue weighted by Crippen LogP contribution is 2.46. The molecule has 2 aromatic heterocycles. The minimum absolute atomic E-state index is 0.0388. The van der Waals surface area contributed by atoms with Crippen LogP contribution in [0.25, 0.3) is 5.52 Å². The normalized spacial score (nSPS) is 20.9. The molecular weight excluding hydrogens is 769 g/mol. The molecule has 3 heterocycles. The van der Waals surface area contributed by atoms with Crippen molar-refractivity contribution in [3.05, 3.63) is 54.0 Å². The van der Waals surface area contributed by atoms with Crippen molar-refractivity contribution < 1.29 is 52.8 Å². The number of carboxylic acid groups (broad SMARTS) is 1. The van der Waals surface area contributed by atoms with Crippen LogP contribution in [0.5, 0.6) is 5.75 Å². The van der Waals surface area contributed by atoms with Crippen LogP contribution >= 0.6 is 7.82 Å². The van der Waals surface area contributed by atoms with E-state index >= 15 is 0 Å². The maximum Gasteiger partial charge on any atom is 0.472 e. The number of nitrogens with zero attached hydrogens (tertiary/aromatic N) is 4. The summed E-state index contributed by atoms with van der Waals surface area (Å²) in [6.45, 7) is 4.77. The number of nitrogen functional groups attached to an aromatic ring is 1. The molecule has 58 heavy (non-hydrogen) atoms. The average Bonchev–Trinajstić information content (AvgIpc) is 3.75. The Morgan fingerprint density at radius 2 is 1.57 bits per heavy atom. The number of ether oxygens (including phenoxy) is 3. The van der Waals surface area contributed by atoms with Crippen molar-refractivity contribution in [1.29, 1.82) is 0 Å². The van der Waals surface area contributed by atoms with Crippen molar-refractivity contribution in [3.63, 3.8) is 0 Å². The van der Waals surface area contributed by atoms with E-state index < -0.39 is 57.0 Å². The molecule has 16 nitrogen and oxygen atoms in total. The SMILES string of the molecule is C=NC[C@@]1(c2ccc3c(N)ncnn23)O[C@H](COP(=O)(O)OC[C@@H](COCCCCCCCCCCCCCCCCCC)Oc2ccccc2C(=O)O)[C@@H](O)[C@H]1O.